The molecule has 84 valence electrons. The van der Waals surface area contributed by atoms with E-state index in [1.807, 2.05) is 20.8 Å². The molecule has 0 rings (SSSR count). The van der Waals surface area contributed by atoms with E-state index in [1.54, 1.807) is 7.11 Å². The van der Waals surface area contributed by atoms with Crippen molar-refractivity contribution in [3.8, 4) is 0 Å². The Labute approximate surface area is 85.1 Å². The summed E-state index contributed by atoms with van der Waals surface area (Å²) in [4.78, 5) is 15.9. The molecule has 5 heteroatoms. The van der Waals surface area contributed by atoms with Crippen molar-refractivity contribution in [2.75, 3.05) is 26.9 Å². The summed E-state index contributed by atoms with van der Waals surface area (Å²) in [6.45, 7) is 7.05. The lowest BCUT2D eigenvalue weighted by Crippen LogP contribution is -2.43. The quantitative estimate of drug-likeness (QED) is 0.475. The van der Waals surface area contributed by atoms with Crippen LogP contribution in [0, 0.1) is 0 Å². The van der Waals surface area contributed by atoms with Crippen LogP contribution in [0.5, 0.6) is 0 Å². The number of rotatable bonds is 6. The lowest BCUT2D eigenvalue weighted by atomic mass is 10.1. The molecule has 0 saturated heterocycles. The Morgan fingerprint density at radius 2 is 1.93 bits per heavy atom. The van der Waals surface area contributed by atoms with Crippen molar-refractivity contribution in [1.82, 2.24) is 10.8 Å². The molecule has 0 atom stereocenters. The van der Waals surface area contributed by atoms with Crippen molar-refractivity contribution in [3.63, 3.8) is 0 Å². The molecule has 1 amide bonds. The van der Waals surface area contributed by atoms with Gasteiger partial charge in [-0.05, 0) is 20.8 Å². The molecule has 0 radical (unpaired) electrons. The van der Waals surface area contributed by atoms with E-state index in [1.165, 1.54) is 0 Å². The summed E-state index contributed by atoms with van der Waals surface area (Å²) in [5.74, 6) is -0.184. The Kier molecular flexibility index (Phi) is 6.44. The highest BCUT2D eigenvalue weighted by atomic mass is 16.7. The highest BCUT2D eigenvalue weighted by Crippen LogP contribution is 1.96. The number of nitrogens with one attached hydrogen (secondary N) is 2. The maximum Gasteiger partial charge on any atom is 0.257 e. The fourth-order valence-electron chi connectivity index (χ4n) is 0.638. The first-order valence-electron chi connectivity index (χ1n) is 4.60. The lowest BCUT2D eigenvalue weighted by Gasteiger charge is -2.19. The second-order valence-electron chi connectivity index (χ2n) is 3.97. The SMILES string of the molecule is COCCONC(=O)CNC(C)(C)C. The van der Waals surface area contributed by atoms with Crippen LogP contribution in [0.4, 0.5) is 0 Å². The first-order valence-corrected chi connectivity index (χ1v) is 4.60. The summed E-state index contributed by atoms with van der Waals surface area (Å²) in [7, 11) is 1.58. The molecular formula is C9H20N2O3. The highest BCUT2D eigenvalue weighted by molar-refractivity contribution is 5.76. The van der Waals surface area contributed by atoms with Gasteiger partial charge in [0.15, 0.2) is 0 Å². The number of ether oxygens (including phenoxy) is 1. The summed E-state index contributed by atoms with van der Waals surface area (Å²) in [5.41, 5.74) is 2.24. The minimum absolute atomic E-state index is 0.0656. The number of hydroxylamine groups is 1. The summed E-state index contributed by atoms with van der Waals surface area (Å²) in [6, 6.07) is 0. The number of methoxy groups -OCH3 is 1. The molecular weight excluding hydrogens is 184 g/mol. The van der Waals surface area contributed by atoms with Crippen LogP contribution in [-0.2, 0) is 14.4 Å². The van der Waals surface area contributed by atoms with E-state index < -0.39 is 0 Å². The first-order chi connectivity index (χ1) is 6.45. The van der Waals surface area contributed by atoms with Gasteiger partial charge < -0.3 is 10.1 Å². The molecule has 0 aromatic rings. The minimum atomic E-state index is -0.184. The Hall–Kier alpha value is -0.650. The molecule has 2 N–H and O–H groups in total. The van der Waals surface area contributed by atoms with E-state index in [9.17, 15) is 4.79 Å². The third-order valence-electron chi connectivity index (χ3n) is 1.35. The molecule has 0 unspecified atom stereocenters. The largest absolute Gasteiger partial charge is 0.382 e. The maximum absolute atomic E-state index is 11.1. The summed E-state index contributed by atoms with van der Waals surface area (Å²) < 4.78 is 4.75. The van der Waals surface area contributed by atoms with Crippen molar-refractivity contribution in [2.45, 2.75) is 26.3 Å². The molecule has 0 bridgehead atoms. The van der Waals surface area contributed by atoms with E-state index in [4.69, 9.17) is 9.57 Å². The van der Waals surface area contributed by atoms with Crippen LogP contribution in [0.25, 0.3) is 0 Å². The van der Waals surface area contributed by atoms with Crippen molar-refractivity contribution in [1.29, 1.82) is 0 Å². The van der Waals surface area contributed by atoms with E-state index in [-0.39, 0.29) is 18.0 Å². The predicted octanol–water partition coefficient (Wildman–Crippen LogP) is 0.0687. The average molecular weight is 204 g/mol. The van der Waals surface area contributed by atoms with Crippen molar-refractivity contribution >= 4 is 5.91 Å². The van der Waals surface area contributed by atoms with Crippen LogP contribution >= 0.6 is 0 Å². The van der Waals surface area contributed by atoms with Gasteiger partial charge in [0.2, 0.25) is 0 Å². The second-order valence-corrected chi connectivity index (χ2v) is 3.97. The van der Waals surface area contributed by atoms with Crippen LogP contribution in [0.2, 0.25) is 0 Å². The number of amides is 1. The molecule has 0 aliphatic rings. The topological polar surface area (TPSA) is 59.6 Å². The number of hydrogen-bond donors (Lipinski definition) is 2. The Morgan fingerprint density at radius 3 is 2.43 bits per heavy atom. The normalized spacial score (nSPS) is 11.4. The first kappa shape index (κ1) is 13.4. The highest BCUT2D eigenvalue weighted by Gasteiger charge is 2.10. The standard InChI is InChI=1S/C9H20N2O3/c1-9(2,3)10-7-8(12)11-14-6-5-13-4/h10H,5-7H2,1-4H3,(H,11,12). The predicted molar refractivity (Wildman–Crippen MR) is 53.7 cm³/mol. The fraction of sp³-hybridized carbons (Fsp3) is 0.889. The van der Waals surface area contributed by atoms with Crippen molar-refractivity contribution in [3.05, 3.63) is 0 Å². The van der Waals surface area contributed by atoms with E-state index in [2.05, 4.69) is 10.8 Å². The third kappa shape index (κ3) is 9.44. The number of carbonyl (C=O) groups is 1. The molecule has 0 saturated carbocycles. The van der Waals surface area contributed by atoms with Crippen LogP contribution in [0.3, 0.4) is 0 Å². The van der Waals surface area contributed by atoms with E-state index in [0.29, 0.717) is 13.2 Å². The molecule has 0 spiro atoms. The average Bonchev–Trinajstić information content (AvgIpc) is 2.08. The van der Waals surface area contributed by atoms with E-state index in [0.717, 1.165) is 0 Å². The molecule has 0 aromatic heterocycles. The number of hydrogen-bond acceptors (Lipinski definition) is 4. The van der Waals surface area contributed by atoms with E-state index >= 15 is 0 Å². The summed E-state index contributed by atoms with van der Waals surface area (Å²) in [5, 5.41) is 3.04. The third-order valence-corrected chi connectivity index (χ3v) is 1.35. The zero-order valence-electron chi connectivity index (χ0n) is 9.35. The van der Waals surface area contributed by atoms with Crippen LogP contribution in [0.15, 0.2) is 0 Å². The fourth-order valence-corrected chi connectivity index (χ4v) is 0.638. The van der Waals surface area contributed by atoms with Gasteiger partial charge >= 0.3 is 0 Å². The van der Waals surface area contributed by atoms with Crippen molar-refractivity contribution in [2.24, 2.45) is 0 Å². The molecule has 0 aliphatic heterocycles. The Bertz CT molecular complexity index is 166. The van der Waals surface area contributed by atoms with Gasteiger partial charge in [0.1, 0.15) is 0 Å². The zero-order valence-corrected chi connectivity index (χ0v) is 9.35. The maximum atomic E-state index is 11.1. The van der Waals surface area contributed by atoms with Gasteiger partial charge in [-0.25, -0.2) is 5.48 Å². The smallest absolute Gasteiger partial charge is 0.257 e. The van der Waals surface area contributed by atoms with Gasteiger partial charge in [0.05, 0.1) is 19.8 Å². The summed E-state index contributed by atoms with van der Waals surface area (Å²) >= 11 is 0. The monoisotopic (exact) mass is 204 g/mol. The zero-order chi connectivity index (χ0) is 11.0. The molecule has 0 heterocycles. The molecule has 0 aromatic carbocycles. The van der Waals surface area contributed by atoms with Crippen LogP contribution in [-0.4, -0.2) is 38.3 Å². The van der Waals surface area contributed by atoms with Crippen molar-refractivity contribution < 1.29 is 14.4 Å². The van der Waals surface area contributed by atoms with Gasteiger partial charge in [-0.2, -0.15) is 0 Å². The summed E-state index contributed by atoms with van der Waals surface area (Å²) in [6.07, 6.45) is 0. The molecule has 0 fully saturated rings. The van der Waals surface area contributed by atoms with Gasteiger partial charge in [0, 0.05) is 12.6 Å². The van der Waals surface area contributed by atoms with Gasteiger partial charge in [0.25, 0.3) is 5.91 Å². The Morgan fingerprint density at radius 1 is 1.29 bits per heavy atom. The second kappa shape index (κ2) is 6.75. The molecule has 5 nitrogen and oxygen atoms in total. The van der Waals surface area contributed by atoms with Crippen LogP contribution in [0.1, 0.15) is 20.8 Å². The van der Waals surface area contributed by atoms with Gasteiger partial charge in [-0.1, -0.05) is 0 Å². The minimum Gasteiger partial charge on any atom is -0.382 e. The van der Waals surface area contributed by atoms with Gasteiger partial charge in [-0.3, -0.25) is 9.63 Å². The van der Waals surface area contributed by atoms with Crippen LogP contribution < -0.4 is 10.8 Å². The molecule has 0 aliphatic carbocycles. The number of carbonyl (C=O) groups excluding carboxylic acids is 1. The molecule has 14 heavy (non-hydrogen) atoms. The van der Waals surface area contributed by atoms with Gasteiger partial charge in [-0.15, -0.1) is 0 Å². The Balaban J connectivity index is 3.38. The lowest BCUT2D eigenvalue weighted by molar-refractivity contribution is -0.133.